The van der Waals surface area contributed by atoms with E-state index in [-0.39, 0.29) is 0 Å². The standard InChI is InChI=1S/C10H12ClNOS/c1-6(12-13-2)7-5-8(7)9-3-4-10(11)14-9/h3-4,7-8H,5H2,1-2H3/b12-6+. The number of hydrogen-bond donors (Lipinski definition) is 0. The normalized spacial score (nSPS) is 26.4. The van der Waals surface area contributed by atoms with Crippen molar-refractivity contribution >= 4 is 28.6 Å². The molecular weight excluding hydrogens is 218 g/mol. The maximum atomic E-state index is 5.88. The highest BCUT2D eigenvalue weighted by atomic mass is 35.5. The van der Waals surface area contributed by atoms with Crippen LogP contribution in [0.1, 0.15) is 24.1 Å². The third-order valence-electron chi connectivity index (χ3n) is 2.52. The summed E-state index contributed by atoms with van der Waals surface area (Å²) in [6.07, 6.45) is 1.18. The zero-order chi connectivity index (χ0) is 10.1. The van der Waals surface area contributed by atoms with Crippen LogP contribution in [-0.2, 0) is 4.84 Å². The molecule has 76 valence electrons. The Labute approximate surface area is 92.5 Å². The molecule has 1 aliphatic rings. The summed E-state index contributed by atoms with van der Waals surface area (Å²) in [6, 6.07) is 4.07. The van der Waals surface area contributed by atoms with E-state index in [1.54, 1.807) is 18.4 Å². The summed E-state index contributed by atoms with van der Waals surface area (Å²) in [5, 5.41) is 3.96. The molecule has 14 heavy (non-hydrogen) atoms. The summed E-state index contributed by atoms with van der Waals surface area (Å²) >= 11 is 7.55. The Hall–Kier alpha value is -0.540. The van der Waals surface area contributed by atoms with Crippen LogP contribution in [0.5, 0.6) is 0 Å². The van der Waals surface area contributed by atoms with E-state index in [0.29, 0.717) is 11.8 Å². The Morgan fingerprint density at radius 3 is 3.00 bits per heavy atom. The topological polar surface area (TPSA) is 21.6 Å². The molecular formula is C10H12ClNOS. The van der Waals surface area contributed by atoms with Gasteiger partial charge in [-0.05, 0) is 25.5 Å². The van der Waals surface area contributed by atoms with E-state index >= 15 is 0 Å². The van der Waals surface area contributed by atoms with Crippen molar-refractivity contribution in [2.45, 2.75) is 19.3 Å². The Kier molecular flexibility index (Phi) is 2.79. The van der Waals surface area contributed by atoms with Crippen LogP contribution in [0.2, 0.25) is 4.34 Å². The molecule has 1 aromatic rings. The molecule has 1 aromatic heterocycles. The highest BCUT2D eigenvalue weighted by Crippen LogP contribution is 2.50. The van der Waals surface area contributed by atoms with Crippen molar-refractivity contribution < 1.29 is 4.84 Å². The first-order valence-electron chi connectivity index (χ1n) is 4.55. The molecule has 0 N–H and O–H groups in total. The van der Waals surface area contributed by atoms with E-state index in [1.807, 2.05) is 13.0 Å². The van der Waals surface area contributed by atoms with E-state index in [4.69, 9.17) is 16.4 Å². The van der Waals surface area contributed by atoms with Gasteiger partial charge in [-0.25, -0.2) is 0 Å². The zero-order valence-electron chi connectivity index (χ0n) is 8.16. The maximum absolute atomic E-state index is 5.88. The lowest BCUT2D eigenvalue weighted by molar-refractivity contribution is 0.212. The molecule has 1 aliphatic carbocycles. The average molecular weight is 230 g/mol. The number of halogens is 1. The van der Waals surface area contributed by atoms with Gasteiger partial charge in [-0.3, -0.25) is 0 Å². The van der Waals surface area contributed by atoms with E-state index in [0.717, 1.165) is 10.0 Å². The first-order valence-corrected chi connectivity index (χ1v) is 5.74. The highest BCUT2D eigenvalue weighted by molar-refractivity contribution is 7.16. The Balaban J connectivity index is 2.02. The van der Waals surface area contributed by atoms with Gasteiger partial charge in [0.15, 0.2) is 0 Å². The Morgan fingerprint density at radius 1 is 1.64 bits per heavy atom. The lowest BCUT2D eigenvalue weighted by atomic mass is 10.2. The number of hydrogen-bond acceptors (Lipinski definition) is 3. The molecule has 2 atom stereocenters. The number of thiophene rings is 1. The van der Waals surface area contributed by atoms with Gasteiger partial charge >= 0.3 is 0 Å². The lowest BCUT2D eigenvalue weighted by Gasteiger charge is -1.96. The first kappa shape index (κ1) is 9.99. The molecule has 0 amide bonds. The monoisotopic (exact) mass is 229 g/mol. The van der Waals surface area contributed by atoms with Crippen molar-refractivity contribution in [2.24, 2.45) is 11.1 Å². The number of oxime groups is 1. The molecule has 2 unspecified atom stereocenters. The van der Waals surface area contributed by atoms with Gasteiger partial charge < -0.3 is 4.84 Å². The van der Waals surface area contributed by atoms with Gasteiger partial charge in [0.05, 0.1) is 10.0 Å². The van der Waals surface area contributed by atoms with E-state index in [2.05, 4.69) is 11.2 Å². The van der Waals surface area contributed by atoms with Crippen molar-refractivity contribution in [3.05, 3.63) is 21.3 Å². The maximum Gasteiger partial charge on any atom is 0.106 e. The summed E-state index contributed by atoms with van der Waals surface area (Å²) < 4.78 is 0.868. The minimum atomic E-state index is 0.560. The number of rotatable bonds is 3. The van der Waals surface area contributed by atoms with Gasteiger partial charge in [-0.2, -0.15) is 0 Å². The van der Waals surface area contributed by atoms with Gasteiger partial charge in [-0.1, -0.05) is 16.8 Å². The zero-order valence-corrected chi connectivity index (χ0v) is 9.73. The molecule has 0 radical (unpaired) electrons. The quantitative estimate of drug-likeness (QED) is 0.574. The van der Waals surface area contributed by atoms with Crippen LogP contribution in [0.3, 0.4) is 0 Å². The van der Waals surface area contributed by atoms with Crippen LogP contribution in [0, 0.1) is 5.92 Å². The first-order chi connectivity index (χ1) is 6.72. The molecule has 0 aliphatic heterocycles. The van der Waals surface area contributed by atoms with Crippen LogP contribution in [0.25, 0.3) is 0 Å². The molecule has 2 rings (SSSR count). The molecule has 1 saturated carbocycles. The highest BCUT2D eigenvalue weighted by Gasteiger charge is 2.41. The lowest BCUT2D eigenvalue weighted by Crippen LogP contribution is -1.96. The molecule has 1 fully saturated rings. The molecule has 0 bridgehead atoms. The van der Waals surface area contributed by atoms with Crippen molar-refractivity contribution in [1.29, 1.82) is 0 Å². The predicted molar refractivity (Wildman–Crippen MR) is 60.3 cm³/mol. The summed E-state index contributed by atoms with van der Waals surface area (Å²) in [5.74, 6) is 1.18. The molecule has 4 heteroatoms. The second-order valence-electron chi connectivity index (χ2n) is 3.51. The largest absolute Gasteiger partial charge is 0.399 e. The van der Waals surface area contributed by atoms with Crippen LogP contribution in [0.4, 0.5) is 0 Å². The minimum absolute atomic E-state index is 0.560. The van der Waals surface area contributed by atoms with E-state index in [1.165, 1.54) is 11.3 Å². The predicted octanol–water partition coefficient (Wildman–Crippen LogP) is 3.53. The minimum Gasteiger partial charge on any atom is -0.399 e. The molecule has 2 nitrogen and oxygen atoms in total. The van der Waals surface area contributed by atoms with Gasteiger partial charge in [0.25, 0.3) is 0 Å². The number of nitrogens with zero attached hydrogens (tertiary/aromatic N) is 1. The van der Waals surface area contributed by atoms with Gasteiger partial charge in [0.2, 0.25) is 0 Å². The van der Waals surface area contributed by atoms with E-state index in [9.17, 15) is 0 Å². The smallest absolute Gasteiger partial charge is 0.106 e. The fourth-order valence-corrected chi connectivity index (χ4v) is 2.95. The summed E-state index contributed by atoms with van der Waals surface area (Å²) in [6.45, 7) is 2.02. The summed E-state index contributed by atoms with van der Waals surface area (Å²) in [4.78, 5) is 6.13. The Morgan fingerprint density at radius 2 is 2.43 bits per heavy atom. The third kappa shape index (κ3) is 1.93. The van der Waals surface area contributed by atoms with E-state index < -0.39 is 0 Å². The third-order valence-corrected chi connectivity index (χ3v) is 3.88. The van der Waals surface area contributed by atoms with Crippen LogP contribution >= 0.6 is 22.9 Å². The summed E-state index contributed by atoms with van der Waals surface area (Å²) in [5.41, 5.74) is 1.09. The van der Waals surface area contributed by atoms with Crippen molar-refractivity contribution in [1.82, 2.24) is 0 Å². The average Bonchev–Trinajstić information content (AvgIpc) is 2.84. The van der Waals surface area contributed by atoms with Gasteiger partial charge in [-0.15, -0.1) is 11.3 Å². The van der Waals surface area contributed by atoms with Crippen LogP contribution < -0.4 is 0 Å². The SMILES string of the molecule is CO/N=C(\C)C1CC1c1ccc(Cl)s1. The van der Waals surface area contributed by atoms with Gasteiger partial charge in [0.1, 0.15) is 7.11 Å². The van der Waals surface area contributed by atoms with Crippen molar-refractivity contribution in [3.63, 3.8) is 0 Å². The Bertz CT molecular complexity index is 361. The molecule has 0 spiro atoms. The fourth-order valence-electron chi connectivity index (χ4n) is 1.71. The van der Waals surface area contributed by atoms with Gasteiger partial charge in [0, 0.05) is 16.7 Å². The fraction of sp³-hybridized carbons (Fsp3) is 0.500. The molecule has 1 heterocycles. The van der Waals surface area contributed by atoms with Crippen LogP contribution in [-0.4, -0.2) is 12.8 Å². The second-order valence-corrected chi connectivity index (χ2v) is 5.25. The second kappa shape index (κ2) is 3.91. The summed E-state index contributed by atoms with van der Waals surface area (Å²) in [7, 11) is 1.59. The molecule has 0 aromatic carbocycles. The van der Waals surface area contributed by atoms with Crippen molar-refractivity contribution in [2.75, 3.05) is 7.11 Å². The van der Waals surface area contributed by atoms with Crippen molar-refractivity contribution in [3.8, 4) is 0 Å². The van der Waals surface area contributed by atoms with Crippen LogP contribution in [0.15, 0.2) is 17.3 Å². The molecule has 0 saturated heterocycles.